The Balaban J connectivity index is 2.43. The largest absolute Gasteiger partial charge is 0.465 e. The number of aromatic nitrogens is 4. The Bertz CT molecular complexity index is 693. The van der Waals surface area contributed by atoms with Gasteiger partial charge in [0.25, 0.3) is 0 Å². The number of hydrogen-bond donors (Lipinski definition) is 1. The molecule has 0 spiro atoms. The summed E-state index contributed by atoms with van der Waals surface area (Å²) in [7, 11) is 0. The molecular weight excluding hydrogens is 258 g/mol. The first-order valence-electron chi connectivity index (χ1n) is 6.01. The predicted molar refractivity (Wildman–Crippen MR) is 72.0 cm³/mol. The molecule has 1 N–H and O–H groups in total. The van der Waals surface area contributed by atoms with E-state index in [0.29, 0.717) is 17.2 Å². The van der Waals surface area contributed by atoms with E-state index in [2.05, 4.69) is 21.2 Å². The average molecular weight is 273 g/mol. The molecule has 104 valence electrons. The van der Waals surface area contributed by atoms with Crippen molar-refractivity contribution in [1.29, 1.82) is 0 Å². The lowest BCUT2D eigenvalue weighted by atomic mass is 10.1. The molecule has 2 aromatic heterocycles. The van der Waals surface area contributed by atoms with Crippen LogP contribution in [0.25, 0.3) is 5.65 Å². The van der Waals surface area contributed by atoms with Crippen LogP contribution < -0.4 is 0 Å². The van der Waals surface area contributed by atoms with E-state index in [9.17, 15) is 9.90 Å². The molecule has 1 amide bonds. The van der Waals surface area contributed by atoms with Gasteiger partial charge in [-0.05, 0) is 38.8 Å². The second-order valence-corrected chi connectivity index (χ2v) is 5.29. The van der Waals surface area contributed by atoms with E-state index in [4.69, 9.17) is 6.42 Å². The van der Waals surface area contributed by atoms with Crippen LogP contribution in [-0.4, -0.2) is 41.5 Å². The van der Waals surface area contributed by atoms with E-state index >= 15 is 0 Å². The number of nitrogens with zero attached hydrogens (tertiary/aromatic N) is 5. The van der Waals surface area contributed by atoms with Crippen molar-refractivity contribution in [1.82, 2.24) is 24.7 Å². The maximum absolute atomic E-state index is 11.3. The summed E-state index contributed by atoms with van der Waals surface area (Å²) in [6.07, 6.45) is 4.28. The zero-order valence-electron chi connectivity index (χ0n) is 11.5. The first kappa shape index (κ1) is 13.8. The molecule has 0 fully saturated rings. The van der Waals surface area contributed by atoms with Crippen molar-refractivity contribution >= 4 is 11.7 Å². The Labute approximate surface area is 116 Å². The fourth-order valence-electron chi connectivity index (χ4n) is 1.74. The Morgan fingerprint density at radius 1 is 1.45 bits per heavy atom. The van der Waals surface area contributed by atoms with Crippen molar-refractivity contribution in [3.8, 4) is 12.3 Å². The van der Waals surface area contributed by atoms with Crippen LogP contribution in [-0.2, 0) is 6.54 Å². The highest BCUT2D eigenvalue weighted by Gasteiger charge is 2.28. The summed E-state index contributed by atoms with van der Waals surface area (Å²) >= 11 is 0. The molecule has 0 unspecified atom stereocenters. The first-order valence-corrected chi connectivity index (χ1v) is 6.01. The van der Waals surface area contributed by atoms with Gasteiger partial charge in [0, 0.05) is 5.54 Å². The van der Waals surface area contributed by atoms with Gasteiger partial charge in [-0.1, -0.05) is 0 Å². The number of terminal acetylenes is 1. The number of fused-ring (bicyclic) bond motifs is 1. The highest BCUT2D eigenvalue weighted by atomic mass is 16.4. The highest BCUT2D eigenvalue weighted by molar-refractivity contribution is 5.65. The lowest BCUT2D eigenvalue weighted by molar-refractivity contribution is 0.0933. The van der Waals surface area contributed by atoms with Crippen molar-refractivity contribution in [2.45, 2.75) is 32.9 Å². The fourth-order valence-corrected chi connectivity index (χ4v) is 1.74. The third-order valence-corrected chi connectivity index (χ3v) is 2.82. The maximum Gasteiger partial charge on any atom is 0.408 e. The van der Waals surface area contributed by atoms with Crippen LogP contribution in [0, 0.1) is 12.3 Å². The van der Waals surface area contributed by atoms with Crippen LogP contribution in [0.15, 0.2) is 12.1 Å². The standard InChI is InChI=1S/C13H15N5O2/c1-5-9-6-7-10-14-15-11(18(10)16-9)8-17(12(19)20)13(2,3)4/h1,6-7H,8H2,2-4H3,(H,19,20). The van der Waals surface area contributed by atoms with Crippen molar-refractivity contribution in [2.75, 3.05) is 0 Å². The third-order valence-electron chi connectivity index (χ3n) is 2.82. The van der Waals surface area contributed by atoms with E-state index in [1.165, 1.54) is 9.42 Å². The Hall–Kier alpha value is -2.62. The molecule has 2 heterocycles. The van der Waals surface area contributed by atoms with Crippen molar-refractivity contribution in [3.05, 3.63) is 23.7 Å². The van der Waals surface area contributed by atoms with Crippen LogP contribution in [0.5, 0.6) is 0 Å². The van der Waals surface area contributed by atoms with Crippen molar-refractivity contribution in [2.24, 2.45) is 0 Å². The number of rotatable bonds is 2. The molecule has 0 aromatic carbocycles. The zero-order chi connectivity index (χ0) is 14.9. The predicted octanol–water partition coefficient (Wildman–Crippen LogP) is 1.38. The molecule has 0 aliphatic heterocycles. The highest BCUT2D eigenvalue weighted by Crippen LogP contribution is 2.17. The molecule has 2 aromatic rings. The monoisotopic (exact) mass is 273 g/mol. The molecule has 0 bridgehead atoms. The molecule has 0 aliphatic rings. The minimum atomic E-state index is -1.03. The molecule has 0 saturated heterocycles. The molecule has 0 aliphatic carbocycles. The van der Waals surface area contributed by atoms with Gasteiger partial charge in [0.1, 0.15) is 5.69 Å². The quantitative estimate of drug-likeness (QED) is 0.836. The minimum Gasteiger partial charge on any atom is -0.465 e. The normalized spacial score (nSPS) is 11.3. The van der Waals surface area contributed by atoms with Gasteiger partial charge in [0.2, 0.25) is 0 Å². The number of carbonyl (C=O) groups is 1. The lowest BCUT2D eigenvalue weighted by Gasteiger charge is -2.32. The van der Waals surface area contributed by atoms with E-state index < -0.39 is 11.6 Å². The first-order chi connectivity index (χ1) is 9.32. The molecule has 0 radical (unpaired) electrons. The second-order valence-electron chi connectivity index (χ2n) is 5.29. The van der Waals surface area contributed by atoms with Crippen LogP contribution in [0.1, 0.15) is 32.3 Å². The molecule has 7 nitrogen and oxygen atoms in total. The molecular formula is C13H15N5O2. The van der Waals surface area contributed by atoms with Gasteiger partial charge < -0.3 is 5.11 Å². The molecule has 7 heteroatoms. The fraction of sp³-hybridized carbons (Fsp3) is 0.385. The van der Waals surface area contributed by atoms with Gasteiger partial charge in [-0.3, -0.25) is 4.90 Å². The Kier molecular flexibility index (Phi) is 3.32. The minimum absolute atomic E-state index is 0.0843. The smallest absolute Gasteiger partial charge is 0.408 e. The van der Waals surface area contributed by atoms with Crippen molar-refractivity contribution < 1.29 is 9.90 Å². The summed E-state index contributed by atoms with van der Waals surface area (Å²) in [5.74, 6) is 2.85. The average Bonchev–Trinajstić information content (AvgIpc) is 2.76. The third kappa shape index (κ3) is 2.54. The summed E-state index contributed by atoms with van der Waals surface area (Å²) in [5, 5.41) is 21.4. The van der Waals surface area contributed by atoms with Crippen LogP contribution in [0.2, 0.25) is 0 Å². The van der Waals surface area contributed by atoms with E-state index in [1.807, 2.05) is 20.8 Å². The summed E-state index contributed by atoms with van der Waals surface area (Å²) in [6.45, 7) is 5.51. The number of carboxylic acid groups (broad SMARTS) is 1. The summed E-state index contributed by atoms with van der Waals surface area (Å²) < 4.78 is 1.47. The molecule has 0 atom stereocenters. The summed E-state index contributed by atoms with van der Waals surface area (Å²) in [5.41, 5.74) is 0.413. The van der Waals surface area contributed by atoms with Crippen LogP contribution in [0.4, 0.5) is 4.79 Å². The van der Waals surface area contributed by atoms with Gasteiger partial charge >= 0.3 is 6.09 Å². The lowest BCUT2D eigenvalue weighted by Crippen LogP contribution is -2.44. The second kappa shape index (κ2) is 4.81. The van der Waals surface area contributed by atoms with Crippen LogP contribution in [0.3, 0.4) is 0 Å². The van der Waals surface area contributed by atoms with Crippen molar-refractivity contribution in [3.63, 3.8) is 0 Å². The van der Waals surface area contributed by atoms with Gasteiger partial charge in [0.05, 0.1) is 6.54 Å². The van der Waals surface area contributed by atoms with Gasteiger partial charge in [0.15, 0.2) is 11.5 Å². The van der Waals surface area contributed by atoms with E-state index in [0.717, 1.165) is 0 Å². The Morgan fingerprint density at radius 3 is 2.70 bits per heavy atom. The van der Waals surface area contributed by atoms with Gasteiger partial charge in [-0.2, -0.15) is 9.61 Å². The SMILES string of the molecule is C#Cc1ccc2nnc(CN(C(=O)O)C(C)(C)C)n2n1. The van der Waals surface area contributed by atoms with E-state index in [1.54, 1.807) is 12.1 Å². The molecule has 0 saturated carbocycles. The van der Waals surface area contributed by atoms with Gasteiger partial charge in [-0.25, -0.2) is 4.79 Å². The van der Waals surface area contributed by atoms with E-state index in [-0.39, 0.29) is 6.54 Å². The zero-order valence-corrected chi connectivity index (χ0v) is 11.5. The summed E-state index contributed by atoms with van der Waals surface area (Å²) in [6, 6.07) is 3.35. The number of hydrogen-bond acceptors (Lipinski definition) is 4. The molecule has 20 heavy (non-hydrogen) atoms. The topological polar surface area (TPSA) is 83.6 Å². The molecule has 2 rings (SSSR count). The number of amides is 1. The summed E-state index contributed by atoms with van der Waals surface area (Å²) in [4.78, 5) is 12.6. The van der Waals surface area contributed by atoms with Crippen LogP contribution >= 0.6 is 0 Å². The maximum atomic E-state index is 11.3. The van der Waals surface area contributed by atoms with Gasteiger partial charge in [-0.15, -0.1) is 16.6 Å². The Morgan fingerprint density at radius 2 is 2.15 bits per heavy atom.